The second kappa shape index (κ2) is 5.50. The van der Waals surface area contributed by atoms with Gasteiger partial charge in [-0.25, -0.2) is 4.79 Å². The molecule has 0 aliphatic carbocycles. The van der Waals surface area contributed by atoms with Crippen molar-refractivity contribution in [1.82, 2.24) is 0 Å². The lowest BCUT2D eigenvalue weighted by Gasteiger charge is -2.00. The van der Waals surface area contributed by atoms with E-state index < -0.39 is 0 Å². The Bertz CT molecular complexity index is 563. The minimum absolute atomic E-state index is 0.237. The van der Waals surface area contributed by atoms with Crippen molar-refractivity contribution in [3.8, 4) is 0 Å². The highest BCUT2D eigenvalue weighted by atomic mass is 79.9. The highest BCUT2D eigenvalue weighted by molar-refractivity contribution is 9.10. The summed E-state index contributed by atoms with van der Waals surface area (Å²) >= 11 is 8.34. The Morgan fingerprint density at radius 2 is 2.24 bits per heavy atom. The van der Waals surface area contributed by atoms with Crippen molar-refractivity contribution < 1.29 is 9.53 Å². The van der Waals surface area contributed by atoms with E-state index in [1.807, 2.05) is 25.1 Å². The number of esters is 1. The van der Waals surface area contributed by atoms with E-state index in [9.17, 15) is 4.79 Å². The molecule has 1 aromatic carbocycles. The molecule has 2 aromatic rings. The van der Waals surface area contributed by atoms with Crippen molar-refractivity contribution in [2.24, 2.45) is 0 Å². The first-order valence-electron chi connectivity index (χ1n) is 5.11. The first-order valence-corrected chi connectivity index (χ1v) is 7.84. The van der Waals surface area contributed by atoms with Gasteiger partial charge in [0.15, 0.2) is 0 Å². The van der Waals surface area contributed by atoms with Gasteiger partial charge in [-0.1, -0.05) is 37.9 Å². The Balaban J connectivity index is 2.59. The summed E-state index contributed by atoms with van der Waals surface area (Å²) in [6.45, 7) is 2.22. The smallest absolute Gasteiger partial charge is 0.348 e. The van der Waals surface area contributed by atoms with Crippen LogP contribution in [0, 0.1) is 0 Å². The van der Waals surface area contributed by atoms with Crippen LogP contribution in [0.1, 0.15) is 22.2 Å². The van der Waals surface area contributed by atoms with Crippen molar-refractivity contribution in [2.45, 2.75) is 12.3 Å². The zero-order valence-electron chi connectivity index (χ0n) is 9.13. The maximum Gasteiger partial charge on any atom is 0.348 e. The molecule has 0 fully saturated rings. The van der Waals surface area contributed by atoms with E-state index in [1.54, 1.807) is 0 Å². The molecule has 1 heterocycles. The average molecular weight is 378 g/mol. The molecule has 2 nitrogen and oxygen atoms in total. The van der Waals surface area contributed by atoms with Crippen LogP contribution in [-0.4, -0.2) is 12.6 Å². The van der Waals surface area contributed by atoms with Gasteiger partial charge in [-0.05, 0) is 30.0 Å². The molecule has 0 aliphatic rings. The van der Waals surface area contributed by atoms with Gasteiger partial charge in [-0.2, -0.15) is 0 Å². The third-order valence-corrected chi connectivity index (χ3v) is 4.58. The van der Waals surface area contributed by atoms with E-state index in [1.165, 1.54) is 11.3 Å². The second-order valence-electron chi connectivity index (χ2n) is 3.40. The lowest BCUT2D eigenvalue weighted by Crippen LogP contribution is -2.04. The quantitative estimate of drug-likeness (QED) is 0.570. The van der Waals surface area contributed by atoms with Gasteiger partial charge in [-0.15, -0.1) is 11.3 Å². The summed E-state index contributed by atoms with van der Waals surface area (Å²) in [6, 6.07) is 6.03. The van der Waals surface area contributed by atoms with Crippen molar-refractivity contribution in [3.63, 3.8) is 0 Å². The molecule has 1 aromatic heterocycles. The highest BCUT2D eigenvalue weighted by Crippen LogP contribution is 2.35. The molecular formula is C12H10Br2O2S. The lowest BCUT2D eigenvalue weighted by molar-refractivity contribution is 0.0531. The monoisotopic (exact) mass is 376 g/mol. The highest BCUT2D eigenvalue weighted by Gasteiger charge is 2.18. The number of benzene rings is 1. The van der Waals surface area contributed by atoms with Crippen LogP contribution in [0.25, 0.3) is 10.1 Å². The van der Waals surface area contributed by atoms with E-state index in [0.717, 1.165) is 20.1 Å². The molecule has 2 rings (SSSR count). The number of fused-ring (bicyclic) bond motifs is 1. The fraction of sp³-hybridized carbons (Fsp3) is 0.250. The van der Waals surface area contributed by atoms with Crippen LogP contribution in [0.5, 0.6) is 0 Å². The predicted molar refractivity (Wildman–Crippen MR) is 78.1 cm³/mol. The number of ether oxygens (including phenoxy) is 1. The van der Waals surface area contributed by atoms with Gasteiger partial charge in [0, 0.05) is 14.5 Å². The molecule has 5 heteroatoms. The molecule has 0 radical (unpaired) electrons. The number of carbonyl (C=O) groups is 1. The first kappa shape index (κ1) is 13.1. The van der Waals surface area contributed by atoms with Crippen LogP contribution in [0.15, 0.2) is 22.7 Å². The largest absolute Gasteiger partial charge is 0.462 e. The Kier molecular flexibility index (Phi) is 4.22. The topological polar surface area (TPSA) is 26.3 Å². The normalized spacial score (nSPS) is 10.8. The van der Waals surface area contributed by atoms with E-state index in [4.69, 9.17) is 4.74 Å². The molecule has 0 saturated heterocycles. The summed E-state index contributed by atoms with van der Waals surface area (Å²) in [5, 5.41) is 1.76. The van der Waals surface area contributed by atoms with Gasteiger partial charge in [0.25, 0.3) is 0 Å². The fourth-order valence-corrected chi connectivity index (χ4v) is 4.05. The van der Waals surface area contributed by atoms with Crippen LogP contribution in [0.3, 0.4) is 0 Å². The molecule has 90 valence electrons. The van der Waals surface area contributed by atoms with Crippen molar-refractivity contribution in [1.29, 1.82) is 0 Å². The summed E-state index contributed by atoms with van der Waals surface area (Å²) in [5.41, 5.74) is 1.01. The summed E-state index contributed by atoms with van der Waals surface area (Å²) in [7, 11) is 0. The molecule has 17 heavy (non-hydrogen) atoms. The number of rotatable bonds is 3. The predicted octanol–water partition coefficient (Wildman–Crippen LogP) is 4.74. The molecule has 0 amide bonds. The minimum atomic E-state index is -0.237. The zero-order valence-corrected chi connectivity index (χ0v) is 13.1. The summed E-state index contributed by atoms with van der Waals surface area (Å²) in [6.07, 6.45) is 0. The maximum absolute atomic E-state index is 11.8. The Morgan fingerprint density at radius 3 is 2.88 bits per heavy atom. The van der Waals surface area contributed by atoms with Crippen LogP contribution in [-0.2, 0) is 10.1 Å². The van der Waals surface area contributed by atoms with Crippen molar-refractivity contribution >= 4 is 59.3 Å². The van der Waals surface area contributed by atoms with Gasteiger partial charge in [0.05, 0.1) is 6.61 Å². The van der Waals surface area contributed by atoms with Gasteiger partial charge < -0.3 is 4.74 Å². The van der Waals surface area contributed by atoms with Crippen LogP contribution in [0.2, 0.25) is 0 Å². The number of hydrogen-bond donors (Lipinski definition) is 0. The fourth-order valence-electron chi connectivity index (χ4n) is 1.62. The molecule has 0 unspecified atom stereocenters. The number of halogens is 2. The van der Waals surface area contributed by atoms with E-state index >= 15 is 0 Å². The van der Waals surface area contributed by atoms with Crippen molar-refractivity contribution in [3.05, 3.63) is 33.1 Å². The minimum Gasteiger partial charge on any atom is -0.462 e. The summed E-state index contributed by atoms with van der Waals surface area (Å²) in [5.74, 6) is -0.237. The Morgan fingerprint density at radius 1 is 1.47 bits per heavy atom. The van der Waals surface area contributed by atoms with Crippen LogP contribution in [0.4, 0.5) is 0 Å². The van der Waals surface area contributed by atoms with E-state index in [-0.39, 0.29) is 5.97 Å². The molecule has 0 saturated carbocycles. The molecule has 0 bridgehead atoms. The zero-order chi connectivity index (χ0) is 12.4. The molecule has 0 aliphatic heterocycles. The van der Waals surface area contributed by atoms with Crippen molar-refractivity contribution in [2.75, 3.05) is 6.61 Å². The van der Waals surface area contributed by atoms with Gasteiger partial charge in [0.2, 0.25) is 0 Å². The summed E-state index contributed by atoms with van der Waals surface area (Å²) in [4.78, 5) is 12.5. The Hall–Kier alpha value is -0.390. The molecule has 0 spiro atoms. The number of carbonyl (C=O) groups excluding carboxylic acids is 1. The van der Waals surface area contributed by atoms with E-state index in [2.05, 4.69) is 31.9 Å². The maximum atomic E-state index is 11.8. The second-order valence-corrected chi connectivity index (χ2v) is 5.93. The lowest BCUT2D eigenvalue weighted by atomic mass is 10.1. The SMILES string of the molecule is CCOC(=O)c1sc2cc(Br)ccc2c1CBr. The molecule has 0 N–H and O–H groups in total. The van der Waals surface area contributed by atoms with E-state index in [0.29, 0.717) is 16.8 Å². The molecular weight excluding hydrogens is 368 g/mol. The Labute approximate surface area is 120 Å². The number of thiophene rings is 1. The van der Waals surface area contributed by atoms with Crippen LogP contribution < -0.4 is 0 Å². The average Bonchev–Trinajstić information content (AvgIpc) is 2.66. The standard InChI is InChI=1S/C12H10Br2O2S/c1-2-16-12(15)11-9(6-13)8-4-3-7(14)5-10(8)17-11/h3-5H,2,6H2,1H3. The van der Waals surface area contributed by atoms with Gasteiger partial charge >= 0.3 is 5.97 Å². The van der Waals surface area contributed by atoms with Crippen LogP contribution >= 0.6 is 43.2 Å². The number of alkyl halides is 1. The summed E-state index contributed by atoms with van der Waals surface area (Å²) < 4.78 is 7.18. The third-order valence-electron chi connectivity index (χ3n) is 2.35. The number of hydrogen-bond acceptors (Lipinski definition) is 3. The van der Waals surface area contributed by atoms with Gasteiger partial charge in [0.1, 0.15) is 4.88 Å². The third kappa shape index (κ3) is 2.56. The molecule has 0 atom stereocenters. The van der Waals surface area contributed by atoms with Gasteiger partial charge in [-0.3, -0.25) is 0 Å². The first-order chi connectivity index (χ1) is 8.17.